The second-order valence-corrected chi connectivity index (χ2v) is 6.00. The van der Waals surface area contributed by atoms with Gasteiger partial charge in [0, 0.05) is 10.2 Å². The van der Waals surface area contributed by atoms with Crippen molar-refractivity contribution in [1.29, 1.82) is 0 Å². The van der Waals surface area contributed by atoms with Crippen molar-refractivity contribution < 1.29 is 18.3 Å². The first-order chi connectivity index (χ1) is 9.38. The van der Waals surface area contributed by atoms with Crippen molar-refractivity contribution in [2.75, 3.05) is 5.32 Å². The molecule has 1 fully saturated rings. The second kappa shape index (κ2) is 6.35. The van der Waals surface area contributed by atoms with Crippen molar-refractivity contribution in [3.63, 3.8) is 0 Å². The molecule has 2 nitrogen and oxygen atoms in total. The Morgan fingerprint density at radius 3 is 2.55 bits per heavy atom. The molecule has 0 aliphatic heterocycles. The summed E-state index contributed by atoms with van der Waals surface area (Å²) in [5.74, 6) is 0. The summed E-state index contributed by atoms with van der Waals surface area (Å²) in [6.45, 7) is 0. The van der Waals surface area contributed by atoms with Crippen molar-refractivity contribution in [1.82, 2.24) is 0 Å². The molecule has 0 saturated heterocycles. The van der Waals surface area contributed by atoms with Crippen molar-refractivity contribution in [3.8, 4) is 0 Å². The van der Waals surface area contributed by atoms with Crippen molar-refractivity contribution in [2.45, 2.75) is 50.4 Å². The second-order valence-electron chi connectivity index (χ2n) is 5.15. The number of benzene rings is 1. The Morgan fingerprint density at radius 2 is 1.85 bits per heavy atom. The molecule has 0 amide bonds. The number of aliphatic hydroxyl groups excluding tert-OH is 1. The summed E-state index contributed by atoms with van der Waals surface area (Å²) in [7, 11) is 0. The van der Waals surface area contributed by atoms with Crippen molar-refractivity contribution >= 4 is 21.6 Å². The van der Waals surface area contributed by atoms with E-state index < -0.39 is 17.8 Å². The molecule has 20 heavy (non-hydrogen) atoms. The van der Waals surface area contributed by atoms with Crippen LogP contribution in [0.5, 0.6) is 0 Å². The molecule has 0 heterocycles. The molecule has 0 spiro atoms. The van der Waals surface area contributed by atoms with Crippen LogP contribution in [0.15, 0.2) is 22.7 Å². The Hall–Kier alpha value is -0.750. The van der Waals surface area contributed by atoms with Gasteiger partial charge in [0.1, 0.15) is 0 Å². The van der Waals surface area contributed by atoms with E-state index in [9.17, 15) is 18.3 Å². The van der Waals surface area contributed by atoms with E-state index in [4.69, 9.17) is 0 Å². The third-order valence-electron chi connectivity index (χ3n) is 3.61. The first-order valence-electron chi connectivity index (χ1n) is 6.69. The predicted molar refractivity (Wildman–Crippen MR) is 75.6 cm³/mol. The molecular formula is C14H17BrF3NO. The highest BCUT2D eigenvalue weighted by molar-refractivity contribution is 9.10. The minimum absolute atomic E-state index is 0.197. The van der Waals surface area contributed by atoms with Crippen LogP contribution in [0.1, 0.15) is 37.7 Å². The quantitative estimate of drug-likeness (QED) is 0.764. The molecule has 6 heteroatoms. The SMILES string of the molecule is OC1CCCCCC1Nc1cc(C(F)(F)F)ccc1Br. The number of hydrogen-bond donors (Lipinski definition) is 2. The Labute approximate surface area is 124 Å². The zero-order valence-corrected chi connectivity index (χ0v) is 12.5. The fourth-order valence-electron chi connectivity index (χ4n) is 2.47. The summed E-state index contributed by atoms with van der Waals surface area (Å²) < 4.78 is 38.8. The van der Waals surface area contributed by atoms with E-state index in [2.05, 4.69) is 21.2 Å². The topological polar surface area (TPSA) is 32.3 Å². The van der Waals surface area contributed by atoms with Crippen LogP contribution in [-0.4, -0.2) is 17.3 Å². The van der Waals surface area contributed by atoms with E-state index in [1.54, 1.807) is 0 Å². The van der Waals surface area contributed by atoms with Crippen LogP contribution in [0.2, 0.25) is 0 Å². The van der Waals surface area contributed by atoms with E-state index in [1.165, 1.54) is 6.07 Å². The average Bonchev–Trinajstić information content (AvgIpc) is 2.56. The Kier molecular flexibility index (Phi) is 4.96. The van der Waals surface area contributed by atoms with Crippen LogP contribution >= 0.6 is 15.9 Å². The van der Waals surface area contributed by atoms with Gasteiger partial charge in [-0.2, -0.15) is 13.2 Å². The van der Waals surface area contributed by atoms with Gasteiger partial charge in [-0.1, -0.05) is 19.3 Å². The molecule has 1 saturated carbocycles. The van der Waals surface area contributed by atoms with E-state index in [-0.39, 0.29) is 6.04 Å². The lowest BCUT2D eigenvalue weighted by molar-refractivity contribution is -0.137. The Morgan fingerprint density at radius 1 is 1.15 bits per heavy atom. The molecular weight excluding hydrogens is 335 g/mol. The molecule has 2 atom stereocenters. The number of halogens is 4. The molecule has 0 radical (unpaired) electrons. The molecule has 0 aromatic heterocycles. The zero-order chi connectivity index (χ0) is 14.8. The van der Waals surface area contributed by atoms with Gasteiger partial charge in [-0.15, -0.1) is 0 Å². The van der Waals surface area contributed by atoms with Gasteiger partial charge < -0.3 is 10.4 Å². The van der Waals surface area contributed by atoms with Gasteiger partial charge in [-0.05, 0) is 47.0 Å². The van der Waals surface area contributed by atoms with Gasteiger partial charge in [0.05, 0.1) is 17.7 Å². The maximum absolute atomic E-state index is 12.7. The fraction of sp³-hybridized carbons (Fsp3) is 0.571. The van der Waals surface area contributed by atoms with E-state index in [0.29, 0.717) is 16.6 Å². The summed E-state index contributed by atoms with van der Waals surface area (Å²) in [4.78, 5) is 0. The highest BCUT2D eigenvalue weighted by Crippen LogP contribution is 2.35. The molecule has 1 aromatic rings. The van der Waals surface area contributed by atoms with Gasteiger partial charge >= 0.3 is 6.18 Å². The number of rotatable bonds is 2. The highest BCUT2D eigenvalue weighted by atomic mass is 79.9. The number of hydrogen-bond acceptors (Lipinski definition) is 2. The molecule has 1 aromatic carbocycles. The lowest BCUT2D eigenvalue weighted by Crippen LogP contribution is -2.32. The number of nitrogens with one attached hydrogen (secondary N) is 1. The number of aliphatic hydroxyl groups is 1. The maximum atomic E-state index is 12.7. The van der Waals surface area contributed by atoms with Gasteiger partial charge in [-0.3, -0.25) is 0 Å². The first kappa shape index (κ1) is 15.6. The lowest BCUT2D eigenvalue weighted by Gasteiger charge is -2.24. The van der Waals surface area contributed by atoms with Crippen LogP contribution in [0.4, 0.5) is 18.9 Å². The van der Waals surface area contributed by atoms with Crippen LogP contribution in [0.25, 0.3) is 0 Å². The summed E-state index contributed by atoms with van der Waals surface area (Å²) in [6.07, 6.45) is -0.427. The molecule has 2 N–H and O–H groups in total. The van der Waals surface area contributed by atoms with Crippen LogP contribution < -0.4 is 5.32 Å². The summed E-state index contributed by atoms with van der Waals surface area (Å²) in [5, 5.41) is 13.1. The van der Waals surface area contributed by atoms with Crippen LogP contribution in [0.3, 0.4) is 0 Å². The Balaban J connectivity index is 2.19. The van der Waals surface area contributed by atoms with E-state index in [0.717, 1.165) is 37.8 Å². The minimum atomic E-state index is -4.36. The molecule has 0 bridgehead atoms. The van der Waals surface area contributed by atoms with Gasteiger partial charge in [0.15, 0.2) is 0 Å². The number of alkyl halides is 3. The van der Waals surface area contributed by atoms with E-state index >= 15 is 0 Å². The van der Waals surface area contributed by atoms with Gasteiger partial charge in [0.25, 0.3) is 0 Å². The number of anilines is 1. The molecule has 1 aliphatic rings. The molecule has 112 valence electrons. The molecule has 1 aliphatic carbocycles. The zero-order valence-electron chi connectivity index (χ0n) is 10.9. The third-order valence-corrected chi connectivity index (χ3v) is 4.31. The van der Waals surface area contributed by atoms with Crippen molar-refractivity contribution in [2.24, 2.45) is 0 Å². The normalized spacial score (nSPS) is 24.2. The summed E-state index contributed by atoms with van der Waals surface area (Å²) >= 11 is 3.25. The van der Waals surface area contributed by atoms with E-state index in [1.807, 2.05) is 0 Å². The first-order valence-corrected chi connectivity index (χ1v) is 7.48. The monoisotopic (exact) mass is 351 g/mol. The standard InChI is InChI=1S/C14H17BrF3NO/c15-10-7-6-9(14(16,17)18)8-12(10)19-11-4-2-1-3-5-13(11)20/h6-8,11,13,19-20H,1-5H2. The maximum Gasteiger partial charge on any atom is 0.416 e. The summed E-state index contributed by atoms with van der Waals surface area (Å²) in [6, 6.07) is 3.31. The van der Waals surface area contributed by atoms with Crippen LogP contribution in [-0.2, 0) is 6.18 Å². The lowest BCUT2D eigenvalue weighted by atomic mass is 10.1. The average molecular weight is 352 g/mol. The Bertz CT molecular complexity index is 464. The van der Waals surface area contributed by atoms with Gasteiger partial charge in [0.2, 0.25) is 0 Å². The molecule has 2 rings (SSSR count). The third kappa shape index (κ3) is 3.88. The van der Waals surface area contributed by atoms with Gasteiger partial charge in [-0.25, -0.2) is 0 Å². The minimum Gasteiger partial charge on any atom is -0.391 e. The molecule has 2 unspecified atom stereocenters. The predicted octanol–water partition coefficient (Wildman–Crippen LogP) is 4.57. The van der Waals surface area contributed by atoms with Crippen molar-refractivity contribution in [3.05, 3.63) is 28.2 Å². The smallest absolute Gasteiger partial charge is 0.391 e. The summed E-state index contributed by atoms with van der Waals surface area (Å²) in [5.41, 5.74) is -0.308. The van der Waals surface area contributed by atoms with Crippen LogP contribution in [0, 0.1) is 0 Å². The largest absolute Gasteiger partial charge is 0.416 e. The highest BCUT2D eigenvalue weighted by Gasteiger charge is 2.31. The fourth-order valence-corrected chi connectivity index (χ4v) is 2.83.